The molecule has 0 unspecified atom stereocenters. The Bertz CT molecular complexity index is 832. The van der Waals surface area contributed by atoms with Gasteiger partial charge in [-0.3, -0.25) is 4.79 Å². The number of fused-ring (bicyclic) bond motifs is 1. The van der Waals surface area contributed by atoms with Gasteiger partial charge in [0.25, 0.3) is 0 Å². The lowest BCUT2D eigenvalue weighted by Gasteiger charge is -2.07. The summed E-state index contributed by atoms with van der Waals surface area (Å²) in [5, 5.41) is 9.85. The molecule has 0 aliphatic rings. The first kappa shape index (κ1) is 15.1. The summed E-state index contributed by atoms with van der Waals surface area (Å²) >= 11 is 5.07. The van der Waals surface area contributed by atoms with Gasteiger partial charge in [0.1, 0.15) is 6.54 Å². The number of rotatable bonds is 5. The first-order chi connectivity index (χ1) is 10.6. The molecule has 2 aromatic carbocycles. The maximum absolute atomic E-state index is 11.1. The summed E-state index contributed by atoms with van der Waals surface area (Å²) in [4.78, 5) is 15.7. The van der Waals surface area contributed by atoms with Gasteiger partial charge in [-0.1, -0.05) is 58.0 Å². The summed E-state index contributed by atoms with van der Waals surface area (Å²) in [5.74, 6) is -0.143. The summed E-state index contributed by atoms with van der Waals surface area (Å²) in [6.07, 6.45) is 0. The van der Waals surface area contributed by atoms with Crippen LogP contribution in [0, 0.1) is 0 Å². The van der Waals surface area contributed by atoms with Crippen molar-refractivity contribution >= 4 is 44.7 Å². The van der Waals surface area contributed by atoms with Crippen molar-refractivity contribution in [2.45, 2.75) is 17.5 Å². The van der Waals surface area contributed by atoms with Gasteiger partial charge in [0.05, 0.1) is 11.0 Å². The lowest BCUT2D eigenvalue weighted by molar-refractivity contribution is -0.137. The molecule has 1 aromatic heterocycles. The number of aliphatic carboxylic acids is 1. The van der Waals surface area contributed by atoms with E-state index in [1.165, 1.54) is 0 Å². The summed E-state index contributed by atoms with van der Waals surface area (Å²) in [7, 11) is 0. The van der Waals surface area contributed by atoms with Crippen LogP contribution in [0.2, 0.25) is 0 Å². The highest BCUT2D eigenvalue weighted by Gasteiger charge is 2.13. The average Bonchev–Trinajstić information content (AvgIpc) is 2.84. The maximum atomic E-state index is 11.1. The Morgan fingerprint density at radius 2 is 1.91 bits per heavy atom. The van der Waals surface area contributed by atoms with Crippen LogP contribution in [0.1, 0.15) is 5.56 Å². The molecule has 0 aliphatic carbocycles. The fourth-order valence-electron chi connectivity index (χ4n) is 2.21. The highest BCUT2D eigenvalue weighted by Crippen LogP contribution is 2.29. The molecule has 1 N–H and O–H groups in total. The van der Waals surface area contributed by atoms with Crippen LogP contribution in [0.4, 0.5) is 0 Å². The SMILES string of the molecule is O=C(O)Cn1c(SCc2ccccc2Br)nc2ccccc21. The van der Waals surface area contributed by atoms with Gasteiger partial charge in [-0.25, -0.2) is 4.98 Å². The molecule has 0 saturated carbocycles. The van der Waals surface area contributed by atoms with Crippen molar-refractivity contribution in [1.82, 2.24) is 9.55 Å². The molecular formula is C16H13BrN2O2S. The lowest BCUT2D eigenvalue weighted by atomic mass is 10.2. The number of aromatic nitrogens is 2. The molecule has 112 valence electrons. The Kier molecular flexibility index (Phi) is 4.49. The van der Waals surface area contributed by atoms with Gasteiger partial charge >= 0.3 is 5.97 Å². The quantitative estimate of drug-likeness (QED) is 0.678. The van der Waals surface area contributed by atoms with E-state index in [1.807, 2.05) is 48.5 Å². The highest BCUT2D eigenvalue weighted by atomic mass is 79.9. The smallest absolute Gasteiger partial charge is 0.323 e. The number of hydrogen-bond acceptors (Lipinski definition) is 3. The van der Waals surface area contributed by atoms with E-state index in [0.29, 0.717) is 0 Å². The number of carbonyl (C=O) groups is 1. The van der Waals surface area contributed by atoms with E-state index in [9.17, 15) is 4.79 Å². The Morgan fingerprint density at radius 1 is 1.18 bits per heavy atom. The lowest BCUT2D eigenvalue weighted by Crippen LogP contribution is -2.09. The zero-order chi connectivity index (χ0) is 15.5. The van der Waals surface area contributed by atoms with E-state index >= 15 is 0 Å². The topological polar surface area (TPSA) is 55.1 Å². The molecule has 6 heteroatoms. The first-order valence-electron chi connectivity index (χ1n) is 6.68. The second kappa shape index (κ2) is 6.54. The molecule has 3 rings (SSSR count). The Morgan fingerprint density at radius 3 is 2.68 bits per heavy atom. The molecule has 0 saturated heterocycles. The van der Waals surface area contributed by atoms with Gasteiger partial charge in [0.15, 0.2) is 5.16 Å². The fourth-order valence-corrected chi connectivity index (χ4v) is 3.84. The molecule has 0 radical (unpaired) electrons. The molecule has 22 heavy (non-hydrogen) atoms. The minimum atomic E-state index is -0.870. The number of halogens is 1. The van der Waals surface area contributed by atoms with Crippen molar-refractivity contribution in [2.24, 2.45) is 0 Å². The normalized spacial score (nSPS) is 11.0. The predicted octanol–water partition coefficient (Wildman–Crippen LogP) is 4.18. The summed E-state index contributed by atoms with van der Waals surface area (Å²) in [5.41, 5.74) is 2.82. The minimum Gasteiger partial charge on any atom is -0.480 e. The molecule has 0 fully saturated rings. The van der Waals surface area contributed by atoms with Gasteiger partial charge in [-0.15, -0.1) is 0 Å². The van der Waals surface area contributed by atoms with Crippen molar-refractivity contribution in [1.29, 1.82) is 0 Å². The van der Waals surface area contributed by atoms with E-state index in [1.54, 1.807) is 16.3 Å². The number of nitrogens with zero attached hydrogens (tertiary/aromatic N) is 2. The van der Waals surface area contributed by atoms with E-state index < -0.39 is 5.97 Å². The molecular weight excluding hydrogens is 364 g/mol. The summed E-state index contributed by atoms with van der Waals surface area (Å²) in [6, 6.07) is 15.6. The number of thioether (sulfide) groups is 1. The van der Waals surface area contributed by atoms with Crippen LogP contribution in [-0.4, -0.2) is 20.6 Å². The number of carboxylic acid groups (broad SMARTS) is 1. The number of benzene rings is 2. The molecule has 0 amide bonds. The third kappa shape index (κ3) is 3.18. The standard InChI is InChI=1S/C16H13BrN2O2S/c17-12-6-2-1-5-11(12)10-22-16-18-13-7-3-4-8-14(13)19(16)9-15(20)21/h1-8H,9-10H2,(H,20,21). The van der Waals surface area contributed by atoms with Gasteiger partial charge in [0.2, 0.25) is 0 Å². The van der Waals surface area contributed by atoms with E-state index in [-0.39, 0.29) is 6.54 Å². The van der Waals surface area contributed by atoms with Crippen molar-refractivity contribution in [3.63, 3.8) is 0 Å². The van der Waals surface area contributed by atoms with Gasteiger partial charge in [-0.05, 0) is 23.8 Å². The Labute approximate surface area is 140 Å². The second-order valence-corrected chi connectivity index (χ2v) is 6.54. The predicted molar refractivity (Wildman–Crippen MR) is 91.1 cm³/mol. The van der Waals surface area contributed by atoms with Crippen LogP contribution in [0.5, 0.6) is 0 Å². The molecule has 4 nitrogen and oxygen atoms in total. The largest absolute Gasteiger partial charge is 0.480 e. The minimum absolute atomic E-state index is 0.0845. The zero-order valence-electron chi connectivity index (χ0n) is 11.6. The third-order valence-electron chi connectivity index (χ3n) is 3.23. The van der Waals surface area contributed by atoms with Crippen molar-refractivity contribution in [2.75, 3.05) is 0 Å². The average molecular weight is 377 g/mol. The fraction of sp³-hybridized carbons (Fsp3) is 0.125. The molecule has 0 bridgehead atoms. The number of imidazole rings is 1. The number of para-hydroxylation sites is 2. The van der Waals surface area contributed by atoms with Gasteiger partial charge in [0, 0.05) is 10.2 Å². The molecule has 0 aliphatic heterocycles. The van der Waals surface area contributed by atoms with Crippen LogP contribution >= 0.6 is 27.7 Å². The number of carboxylic acids is 1. The first-order valence-corrected chi connectivity index (χ1v) is 8.46. The summed E-state index contributed by atoms with van der Waals surface area (Å²) in [6.45, 7) is -0.0845. The zero-order valence-corrected chi connectivity index (χ0v) is 14.0. The summed E-state index contributed by atoms with van der Waals surface area (Å²) < 4.78 is 2.79. The third-order valence-corrected chi connectivity index (χ3v) is 5.03. The van der Waals surface area contributed by atoms with Crippen molar-refractivity contribution in [3.05, 3.63) is 58.6 Å². The molecule has 0 atom stereocenters. The number of hydrogen-bond donors (Lipinski definition) is 1. The molecule has 0 spiro atoms. The maximum Gasteiger partial charge on any atom is 0.323 e. The molecule has 1 heterocycles. The van der Waals surface area contributed by atoms with Crippen molar-refractivity contribution in [3.8, 4) is 0 Å². The Hall–Kier alpha value is -1.79. The van der Waals surface area contributed by atoms with E-state index in [2.05, 4.69) is 20.9 Å². The van der Waals surface area contributed by atoms with Crippen LogP contribution < -0.4 is 0 Å². The second-order valence-electron chi connectivity index (χ2n) is 4.74. The van der Waals surface area contributed by atoms with Gasteiger partial charge < -0.3 is 9.67 Å². The van der Waals surface area contributed by atoms with Gasteiger partial charge in [-0.2, -0.15) is 0 Å². The van der Waals surface area contributed by atoms with E-state index in [0.717, 1.165) is 32.0 Å². The van der Waals surface area contributed by atoms with E-state index in [4.69, 9.17) is 5.11 Å². The van der Waals surface area contributed by atoms with Crippen LogP contribution in [-0.2, 0) is 17.1 Å². The molecule has 3 aromatic rings. The van der Waals surface area contributed by atoms with Crippen LogP contribution in [0.25, 0.3) is 11.0 Å². The van der Waals surface area contributed by atoms with Crippen molar-refractivity contribution < 1.29 is 9.90 Å². The Balaban J connectivity index is 1.92. The monoisotopic (exact) mass is 376 g/mol. The van der Waals surface area contributed by atoms with Crippen LogP contribution in [0.3, 0.4) is 0 Å². The van der Waals surface area contributed by atoms with Crippen LogP contribution in [0.15, 0.2) is 58.2 Å². The highest BCUT2D eigenvalue weighted by molar-refractivity contribution is 9.10.